The van der Waals surface area contributed by atoms with Crippen molar-refractivity contribution in [2.45, 2.75) is 24.7 Å². The fraction of sp³-hybridized carbons (Fsp3) is 0.107. The van der Waals surface area contributed by atoms with E-state index in [1.54, 1.807) is 37.3 Å². The number of esters is 2. The Hall–Kier alpha value is -3.90. The number of ether oxygens (including phenoxy) is 2. The lowest BCUT2D eigenvalue weighted by molar-refractivity contribution is -0.130. The molecule has 0 amide bonds. The number of fused-ring (bicyclic) bond motifs is 3. The highest BCUT2D eigenvalue weighted by molar-refractivity contribution is 8.14. The molecule has 1 aliphatic carbocycles. The summed E-state index contributed by atoms with van der Waals surface area (Å²) >= 11 is 1.10. The Morgan fingerprint density at radius 1 is 0.912 bits per heavy atom. The minimum atomic E-state index is -0.498. The zero-order valence-electron chi connectivity index (χ0n) is 18.8. The number of rotatable bonds is 6. The van der Waals surface area contributed by atoms with Gasteiger partial charge in [-0.2, -0.15) is 0 Å². The molecule has 0 aromatic heterocycles. The van der Waals surface area contributed by atoms with Gasteiger partial charge in [0.05, 0.1) is 11.8 Å². The molecule has 3 aromatic carbocycles. The predicted molar refractivity (Wildman–Crippen MR) is 132 cm³/mol. The summed E-state index contributed by atoms with van der Waals surface area (Å²) in [5.74, 6) is -0.443. The van der Waals surface area contributed by atoms with Gasteiger partial charge in [0.15, 0.2) is 0 Å². The molecule has 0 heterocycles. The van der Waals surface area contributed by atoms with Crippen LogP contribution >= 0.6 is 11.8 Å². The van der Waals surface area contributed by atoms with Crippen molar-refractivity contribution in [2.24, 2.45) is 0 Å². The van der Waals surface area contributed by atoms with Crippen LogP contribution < -0.4 is 4.74 Å². The van der Waals surface area contributed by atoms with Gasteiger partial charge in [-0.15, -0.1) is 0 Å². The van der Waals surface area contributed by atoms with Crippen molar-refractivity contribution in [3.05, 3.63) is 108 Å². The molecule has 34 heavy (non-hydrogen) atoms. The van der Waals surface area contributed by atoms with Crippen LogP contribution in [-0.4, -0.2) is 17.1 Å². The molecule has 170 valence electrons. The highest BCUT2D eigenvalue weighted by atomic mass is 32.2. The molecule has 0 saturated heterocycles. The molecule has 1 unspecified atom stereocenters. The SMILES string of the molecule is C=COC(=O)c1ccc(SC(=O)c2ccc3c(c2)C(C)c2cc(OC(=O)C(=C)C)ccc2-3)cc1. The van der Waals surface area contributed by atoms with Crippen LogP contribution in [0, 0.1) is 0 Å². The molecule has 0 saturated carbocycles. The first-order chi connectivity index (χ1) is 16.3. The molecule has 0 aliphatic heterocycles. The van der Waals surface area contributed by atoms with Crippen molar-refractivity contribution in [1.82, 2.24) is 0 Å². The zero-order chi connectivity index (χ0) is 24.4. The van der Waals surface area contributed by atoms with E-state index in [2.05, 4.69) is 20.1 Å². The Kier molecular flexibility index (Phi) is 6.52. The second-order valence-corrected chi connectivity index (χ2v) is 8.97. The second kappa shape index (κ2) is 9.53. The molecule has 1 atom stereocenters. The van der Waals surface area contributed by atoms with Crippen molar-refractivity contribution < 1.29 is 23.9 Å². The molecule has 0 N–H and O–H groups in total. The zero-order valence-corrected chi connectivity index (χ0v) is 19.6. The molecule has 3 aromatic rings. The van der Waals surface area contributed by atoms with E-state index < -0.39 is 11.9 Å². The van der Waals surface area contributed by atoms with Gasteiger partial charge in [-0.25, -0.2) is 9.59 Å². The third-order valence-electron chi connectivity index (χ3n) is 5.58. The first-order valence-electron chi connectivity index (χ1n) is 10.6. The van der Waals surface area contributed by atoms with E-state index in [1.807, 2.05) is 30.3 Å². The van der Waals surface area contributed by atoms with Crippen LogP contribution in [0.2, 0.25) is 0 Å². The highest BCUT2D eigenvalue weighted by Gasteiger charge is 2.27. The van der Waals surface area contributed by atoms with Crippen molar-refractivity contribution >= 4 is 28.8 Å². The monoisotopic (exact) mass is 470 g/mol. The van der Waals surface area contributed by atoms with E-state index in [-0.39, 0.29) is 11.0 Å². The summed E-state index contributed by atoms with van der Waals surface area (Å²) in [4.78, 5) is 37.3. The molecule has 5 nitrogen and oxygen atoms in total. The Balaban J connectivity index is 1.52. The summed E-state index contributed by atoms with van der Waals surface area (Å²) in [5, 5.41) is -0.0940. The van der Waals surface area contributed by atoms with E-state index in [4.69, 9.17) is 9.47 Å². The van der Waals surface area contributed by atoms with Crippen LogP contribution in [0.3, 0.4) is 0 Å². The van der Waals surface area contributed by atoms with Crippen LogP contribution in [0.25, 0.3) is 11.1 Å². The normalized spacial score (nSPS) is 13.4. The summed E-state index contributed by atoms with van der Waals surface area (Å²) in [6, 6.07) is 17.9. The fourth-order valence-electron chi connectivity index (χ4n) is 3.83. The van der Waals surface area contributed by atoms with Gasteiger partial charge in [-0.1, -0.05) is 32.2 Å². The number of benzene rings is 3. The maximum absolute atomic E-state index is 12.9. The van der Waals surface area contributed by atoms with Crippen LogP contribution in [0.4, 0.5) is 0 Å². The maximum Gasteiger partial charge on any atom is 0.342 e. The average Bonchev–Trinajstić information content (AvgIpc) is 3.10. The third kappa shape index (κ3) is 4.58. The van der Waals surface area contributed by atoms with Crippen LogP contribution in [0.15, 0.2) is 90.6 Å². The molecule has 0 radical (unpaired) electrons. The van der Waals surface area contributed by atoms with Gasteiger partial charge in [-0.3, -0.25) is 4.79 Å². The lowest BCUT2D eigenvalue weighted by Crippen LogP contribution is -2.08. The summed E-state index contributed by atoms with van der Waals surface area (Å²) in [6.45, 7) is 10.7. The molecular weight excluding hydrogens is 448 g/mol. The molecule has 0 bridgehead atoms. The largest absolute Gasteiger partial charge is 0.432 e. The smallest absolute Gasteiger partial charge is 0.342 e. The number of carbonyl (C=O) groups excluding carboxylic acids is 3. The average molecular weight is 471 g/mol. The Labute approximate surface area is 202 Å². The van der Waals surface area contributed by atoms with Gasteiger partial charge in [0.2, 0.25) is 5.12 Å². The van der Waals surface area contributed by atoms with Crippen LogP contribution in [-0.2, 0) is 9.53 Å². The minimum absolute atomic E-state index is 0.0430. The molecular formula is C28H22O5S. The topological polar surface area (TPSA) is 69.7 Å². The quantitative estimate of drug-likeness (QED) is 0.134. The molecule has 6 heteroatoms. The van der Waals surface area contributed by atoms with Gasteiger partial charge >= 0.3 is 11.9 Å². The minimum Gasteiger partial charge on any atom is -0.432 e. The number of thioether (sulfide) groups is 1. The summed E-state index contributed by atoms with van der Waals surface area (Å²) < 4.78 is 10.1. The standard InChI is InChI=1S/C28H22O5S/c1-5-32-27(30)18-6-10-21(11-7-18)34-28(31)19-8-12-22-23-13-9-20(33-26(29)16(2)3)15-25(23)17(4)24(22)14-19/h5-15,17H,1-2H2,3-4H3. The van der Waals surface area contributed by atoms with Gasteiger partial charge in [0, 0.05) is 21.9 Å². The van der Waals surface area contributed by atoms with E-state index in [1.165, 1.54) is 0 Å². The van der Waals surface area contributed by atoms with Crippen molar-refractivity contribution in [1.29, 1.82) is 0 Å². The van der Waals surface area contributed by atoms with Gasteiger partial charge < -0.3 is 9.47 Å². The Morgan fingerprint density at radius 2 is 1.53 bits per heavy atom. The predicted octanol–water partition coefficient (Wildman–Crippen LogP) is 6.53. The number of carbonyl (C=O) groups is 3. The van der Waals surface area contributed by atoms with Gasteiger partial charge in [0.25, 0.3) is 0 Å². The summed E-state index contributed by atoms with van der Waals surface area (Å²) in [7, 11) is 0. The maximum atomic E-state index is 12.9. The molecule has 0 fully saturated rings. The van der Waals surface area contributed by atoms with E-state index >= 15 is 0 Å². The van der Waals surface area contributed by atoms with Crippen LogP contribution in [0.1, 0.15) is 51.6 Å². The van der Waals surface area contributed by atoms with Crippen molar-refractivity contribution in [2.75, 3.05) is 0 Å². The van der Waals surface area contributed by atoms with Crippen molar-refractivity contribution in [3.8, 4) is 16.9 Å². The van der Waals surface area contributed by atoms with E-state index in [9.17, 15) is 14.4 Å². The Morgan fingerprint density at radius 3 is 2.18 bits per heavy atom. The first-order valence-corrected chi connectivity index (χ1v) is 11.4. The second-order valence-electron chi connectivity index (χ2n) is 7.93. The Bertz CT molecular complexity index is 1340. The fourth-order valence-corrected chi connectivity index (χ4v) is 4.56. The van der Waals surface area contributed by atoms with E-state index in [0.29, 0.717) is 22.4 Å². The summed E-state index contributed by atoms with van der Waals surface area (Å²) in [5.41, 5.74) is 5.53. The van der Waals surface area contributed by atoms with Crippen molar-refractivity contribution in [3.63, 3.8) is 0 Å². The number of hydrogen-bond acceptors (Lipinski definition) is 6. The van der Waals surface area contributed by atoms with E-state index in [0.717, 1.165) is 45.2 Å². The van der Waals surface area contributed by atoms with Gasteiger partial charge in [-0.05, 0) is 89.5 Å². The third-order valence-corrected chi connectivity index (χ3v) is 6.51. The van der Waals surface area contributed by atoms with Gasteiger partial charge in [0.1, 0.15) is 5.75 Å². The summed E-state index contributed by atoms with van der Waals surface area (Å²) in [6.07, 6.45) is 1.08. The highest BCUT2D eigenvalue weighted by Crippen LogP contribution is 2.46. The lowest BCUT2D eigenvalue weighted by Gasteiger charge is -2.09. The molecule has 4 rings (SSSR count). The molecule has 1 aliphatic rings. The first kappa shape index (κ1) is 23.3. The molecule has 0 spiro atoms. The lowest BCUT2D eigenvalue weighted by atomic mass is 9.98. The van der Waals surface area contributed by atoms with Crippen LogP contribution in [0.5, 0.6) is 5.75 Å². The number of hydrogen-bond donors (Lipinski definition) is 0.